The quantitative estimate of drug-likeness (QED) is 0.658. The van der Waals surface area contributed by atoms with Gasteiger partial charge in [0.1, 0.15) is 13.1 Å². The van der Waals surface area contributed by atoms with E-state index in [0.29, 0.717) is 11.8 Å². The topological polar surface area (TPSA) is 113 Å². The number of nitrogens with two attached hydrogens (primary N) is 1. The number of carbonyl (C=O) groups excluding carboxylic acids is 2. The van der Waals surface area contributed by atoms with Crippen molar-refractivity contribution in [2.24, 2.45) is 23.5 Å². The van der Waals surface area contributed by atoms with Gasteiger partial charge in [0.25, 0.3) is 0 Å². The number of hydrogen-bond acceptors (Lipinski definition) is 3. The molecule has 2 saturated carbocycles. The molecule has 7 nitrogen and oxygen atoms in total. The van der Waals surface area contributed by atoms with Crippen LogP contribution in [0.3, 0.4) is 0 Å². The maximum absolute atomic E-state index is 12.1. The summed E-state index contributed by atoms with van der Waals surface area (Å²) in [7, 11) is 0. The van der Waals surface area contributed by atoms with Gasteiger partial charge in [-0.05, 0) is 43.9 Å². The first-order valence-electron chi connectivity index (χ1n) is 7.42. The van der Waals surface area contributed by atoms with E-state index in [-0.39, 0.29) is 12.6 Å². The first-order chi connectivity index (χ1) is 9.86. The van der Waals surface area contributed by atoms with E-state index in [2.05, 4.69) is 5.32 Å². The highest BCUT2D eigenvalue weighted by Crippen LogP contribution is 2.49. The Labute approximate surface area is 123 Å². The summed E-state index contributed by atoms with van der Waals surface area (Å²) >= 11 is 0. The van der Waals surface area contributed by atoms with Crippen molar-refractivity contribution in [1.29, 1.82) is 0 Å². The SMILES string of the molecule is CC(NC(=O)N(CC(N)=O)CC(=O)O)C1CC2CCC1C2. The van der Waals surface area contributed by atoms with Crippen molar-refractivity contribution < 1.29 is 19.5 Å². The maximum atomic E-state index is 12.1. The molecule has 2 fully saturated rings. The Morgan fingerprint density at radius 1 is 1.29 bits per heavy atom. The van der Waals surface area contributed by atoms with Gasteiger partial charge < -0.3 is 21.1 Å². The molecule has 7 heteroatoms. The molecule has 0 radical (unpaired) electrons. The van der Waals surface area contributed by atoms with E-state index >= 15 is 0 Å². The molecule has 0 aromatic rings. The van der Waals surface area contributed by atoms with Crippen LogP contribution in [0.4, 0.5) is 4.79 Å². The fraction of sp³-hybridized carbons (Fsp3) is 0.786. The van der Waals surface area contributed by atoms with Gasteiger partial charge in [-0.25, -0.2) is 4.79 Å². The summed E-state index contributed by atoms with van der Waals surface area (Å²) in [4.78, 5) is 34.8. The smallest absolute Gasteiger partial charge is 0.323 e. The number of nitrogens with one attached hydrogen (secondary N) is 1. The van der Waals surface area contributed by atoms with Crippen LogP contribution >= 0.6 is 0 Å². The molecule has 4 atom stereocenters. The van der Waals surface area contributed by atoms with Crippen molar-refractivity contribution >= 4 is 17.9 Å². The molecule has 0 aromatic heterocycles. The number of carboxylic acids is 1. The molecule has 0 spiro atoms. The lowest BCUT2D eigenvalue weighted by Crippen LogP contribution is -2.51. The molecular formula is C14H23N3O4. The van der Waals surface area contributed by atoms with Gasteiger partial charge in [-0.1, -0.05) is 6.42 Å². The molecule has 3 amide bonds. The zero-order valence-electron chi connectivity index (χ0n) is 12.2. The highest BCUT2D eigenvalue weighted by atomic mass is 16.4. The van der Waals surface area contributed by atoms with Crippen LogP contribution in [0.25, 0.3) is 0 Å². The summed E-state index contributed by atoms with van der Waals surface area (Å²) < 4.78 is 0. The summed E-state index contributed by atoms with van der Waals surface area (Å²) in [6, 6.07) is -0.552. The predicted molar refractivity (Wildman–Crippen MR) is 75.3 cm³/mol. The third-order valence-corrected chi connectivity index (χ3v) is 4.75. The van der Waals surface area contributed by atoms with Crippen LogP contribution in [0.5, 0.6) is 0 Å². The number of primary amides is 1. The monoisotopic (exact) mass is 297 g/mol. The molecule has 2 aliphatic rings. The largest absolute Gasteiger partial charge is 0.480 e. The van der Waals surface area contributed by atoms with Crippen LogP contribution in [0.2, 0.25) is 0 Å². The fourth-order valence-corrected chi connectivity index (χ4v) is 3.85. The second-order valence-electron chi connectivity index (χ2n) is 6.29. The summed E-state index contributed by atoms with van der Waals surface area (Å²) in [6.07, 6.45) is 4.87. The Kier molecular flexibility index (Phi) is 4.69. The summed E-state index contributed by atoms with van der Waals surface area (Å²) in [5.41, 5.74) is 5.06. The average molecular weight is 297 g/mol. The molecule has 2 bridgehead atoms. The number of hydrogen-bond donors (Lipinski definition) is 3. The molecule has 0 aromatic carbocycles. The van der Waals surface area contributed by atoms with Crippen LogP contribution in [0, 0.1) is 17.8 Å². The van der Waals surface area contributed by atoms with Gasteiger partial charge in [-0.2, -0.15) is 0 Å². The molecular weight excluding hydrogens is 274 g/mol. The van der Waals surface area contributed by atoms with Gasteiger partial charge in [0.2, 0.25) is 5.91 Å². The highest BCUT2D eigenvalue weighted by molar-refractivity contribution is 5.86. The van der Waals surface area contributed by atoms with Gasteiger partial charge >= 0.3 is 12.0 Å². The predicted octanol–water partition coefficient (Wildman–Crippen LogP) is 0.393. The number of nitrogens with zero attached hydrogens (tertiary/aromatic N) is 1. The highest BCUT2D eigenvalue weighted by Gasteiger charge is 2.42. The van der Waals surface area contributed by atoms with E-state index in [1.54, 1.807) is 0 Å². The number of fused-ring (bicyclic) bond motifs is 2. The average Bonchev–Trinajstić information content (AvgIpc) is 2.98. The minimum Gasteiger partial charge on any atom is -0.480 e. The summed E-state index contributed by atoms with van der Waals surface area (Å²) in [6.45, 7) is 1.03. The number of amides is 3. The maximum Gasteiger partial charge on any atom is 0.323 e. The third kappa shape index (κ3) is 3.86. The summed E-state index contributed by atoms with van der Waals surface area (Å²) in [5.74, 6) is 0.000340. The van der Waals surface area contributed by atoms with Gasteiger partial charge in [0, 0.05) is 6.04 Å². The van der Waals surface area contributed by atoms with Crippen molar-refractivity contribution in [3.05, 3.63) is 0 Å². The molecule has 2 aliphatic carbocycles. The van der Waals surface area contributed by atoms with E-state index in [4.69, 9.17) is 10.8 Å². The third-order valence-electron chi connectivity index (χ3n) is 4.75. The lowest BCUT2D eigenvalue weighted by atomic mass is 9.84. The van der Waals surface area contributed by atoms with Gasteiger partial charge in [0.15, 0.2) is 0 Å². The van der Waals surface area contributed by atoms with E-state index < -0.39 is 24.5 Å². The van der Waals surface area contributed by atoms with Crippen molar-refractivity contribution in [3.8, 4) is 0 Å². The second-order valence-corrected chi connectivity index (χ2v) is 6.29. The van der Waals surface area contributed by atoms with Crippen molar-refractivity contribution in [2.75, 3.05) is 13.1 Å². The number of carbonyl (C=O) groups is 3. The zero-order chi connectivity index (χ0) is 15.6. The Morgan fingerprint density at radius 2 is 2.00 bits per heavy atom. The second kappa shape index (κ2) is 6.32. The Hall–Kier alpha value is -1.79. The molecule has 0 heterocycles. The van der Waals surface area contributed by atoms with Crippen LogP contribution in [0.15, 0.2) is 0 Å². The fourth-order valence-electron chi connectivity index (χ4n) is 3.85. The number of carboxylic acid groups (broad SMARTS) is 1. The minimum atomic E-state index is -1.17. The number of urea groups is 1. The Morgan fingerprint density at radius 3 is 2.48 bits per heavy atom. The molecule has 21 heavy (non-hydrogen) atoms. The van der Waals surface area contributed by atoms with E-state index in [0.717, 1.165) is 17.2 Å². The Balaban J connectivity index is 1.91. The van der Waals surface area contributed by atoms with Crippen molar-refractivity contribution in [2.45, 2.75) is 38.6 Å². The molecule has 2 rings (SSSR count). The van der Waals surface area contributed by atoms with E-state index in [9.17, 15) is 14.4 Å². The number of aliphatic carboxylic acids is 1. The van der Waals surface area contributed by atoms with Crippen LogP contribution in [-0.4, -0.2) is 47.0 Å². The molecule has 0 aliphatic heterocycles. The van der Waals surface area contributed by atoms with Crippen LogP contribution in [0.1, 0.15) is 32.6 Å². The first kappa shape index (κ1) is 15.6. The molecule has 0 saturated heterocycles. The van der Waals surface area contributed by atoms with Crippen molar-refractivity contribution in [3.63, 3.8) is 0 Å². The molecule has 4 unspecified atom stereocenters. The minimum absolute atomic E-state index is 0.0167. The van der Waals surface area contributed by atoms with Crippen LogP contribution < -0.4 is 11.1 Å². The lowest BCUT2D eigenvalue weighted by molar-refractivity contribution is -0.137. The summed E-state index contributed by atoms with van der Waals surface area (Å²) in [5, 5.41) is 11.6. The normalized spacial score (nSPS) is 28.1. The number of rotatable bonds is 6. The van der Waals surface area contributed by atoms with Crippen LogP contribution in [-0.2, 0) is 9.59 Å². The van der Waals surface area contributed by atoms with Gasteiger partial charge in [-0.3, -0.25) is 9.59 Å². The van der Waals surface area contributed by atoms with Gasteiger partial charge in [0.05, 0.1) is 0 Å². The molecule has 118 valence electrons. The Bertz CT molecular complexity index is 424. The zero-order valence-corrected chi connectivity index (χ0v) is 12.2. The standard InChI is InChI=1S/C14H23N3O4/c1-8(11-5-9-2-3-10(11)4-9)16-14(21)17(6-12(15)18)7-13(19)20/h8-11H,2-7H2,1H3,(H2,15,18)(H,16,21)(H,19,20). The van der Waals surface area contributed by atoms with Gasteiger partial charge in [-0.15, -0.1) is 0 Å². The molecule has 4 N–H and O–H groups in total. The lowest BCUT2D eigenvalue weighted by Gasteiger charge is -2.30. The van der Waals surface area contributed by atoms with Crippen molar-refractivity contribution in [1.82, 2.24) is 10.2 Å². The van der Waals surface area contributed by atoms with E-state index in [1.807, 2.05) is 6.92 Å². The first-order valence-corrected chi connectivity index (χ1v) is 7.42. The van der Waals surface area contributed by atoms with E-state index in [1.165, 1.54) is 19.3 Å².